The summed E-state index contributed by atoms with van der Waals surface area (Å²) in [5.41, 5.74) is 2.48. The van der Waals surface area contributed by atoms with Gasteiger partial charge in [-0.3, -0.25) is 0 Å². The van der Waals surface area contributed by atoms with Gasteiger partial charge in [0.2, 0.25) is 10.0 Å². The van der Waals surface area contributed by atoms with Gasteiger partial charge in [0.05, 0.1) is 22.3 Å². The van der Waals surface area contributed by atoms with E-state index in [9.17, 15) is 17.2 Å². The number of rotatable bonds is 3. The van der Waals surface area contributed by atoms with E-state index in [4.69, 9.17) is 16.7 Å². The topological polar surface area (TPSA) is 90.4 Å². The number of hydrogen-bond acceptors (Lipinski definition) is 4. The molecule has 0 aliphatic heterocycles. The number of halogens is 3. The van der Waals surface area contributed by atoms with Crippen LogP contribution in [-0.4, -0.2) is 23.0 Å². The van der Waals surface area contributed by atoms with Crippen molar-refractivity contribution in [3.05, 3.63) is 82.1 Å². The first-order valence-electron chi connectivity index (χ1n) is 9.22. The Bertz CT molecular complexity index is 1500. The Hall–Kier alpha value is -3.32. The van der Waals surface area contributed by atoms with Crippen molar-refractivity contribution in [3.8, 4) is 23.1 Å². The van der Waals surface area contributed by atoms with Crippen LogP contribution in [0.5, 0.6) is 0 Å². The van der Waals surface area contributed by atoms with E-state index < -0.39 is 16.4 Å². The van der Waals surface area contributed by atoms with Gasteiger partial charge in [-0.15, -0.1) is 0 Å². The maximum atomic E-state index is 13.7. The smallest absolute Gasteiger partial charge is 0.227 e. The molecular formula is C22H15ClF2N4O2S. The van der Waals surface area contributed by atoms with E-state index in [1.54, 1.807) is 18.2 Å². The quantitative estimate of drug-likeness (QED) is 0.449. The van der Waals surface area contributed by atoms with Gasteiger partial charge in [0.1, 0.15) is 5.69 Å². The fourth-order valence-corrected chi connectivity index (χ4v) is 3.68. The zero-order valence-electron chi connectivity index (χ0n) is 16.6. The molecule has 0 fully saturated rings. The summed E-state index contributed by atoms with van der Waals surface area (Å²) in [5, 5.41) is 9.67. The summed E-state index contributed by atoms with van der Waals surface area (Å²) >= 11 is 6.07. The van der Waals surface area contributed by atoms with Gasteiger partial charge in [-0.05, 0) is 55.0 Å². The van der Waals surface area contributed by atoms with Crippen molar-refractivity contribution in [2.24, 2.45) is 5.14 Å². The first kappa shape index (κ1) is 21.9. The Kier molecular flexibility index (Phi) is 5.69. The maximum Gasteiger partial charge on any atom is 0.280 e. The number of sulfonamides is 1. The molecule has 0 spiro atoms. The predicted octanol–water partition coefficient (Wildman–Crippen LogP) is 4.34. The molecule has 2 heterocycles. The number of aromatic nitrogens is 3. The van der Waals surface area contributed by atoms with Crippen LogP contribution in [0.1, 0.15) is 28.8 Å². The summed E-state index contributed by atoms with van der Waals surface area (Å²) in [4.78, 5) is 4.47. The van der Waals surface area contributed by atoms with Gasteiger partial charge in [0.15, 0.2) is 5.65 Å². The molecule has 0 atom stereocenters. The molecular weight excluding hydrogens is 458 g/mol. The number of nitrogens with zero attached hydrogens (tertiary/aromatic N) is 3. The Morgan fingerprint density at radius 3 is 2.44 bits per heavy atom. The van der Waals surface area contributed by atoms with Crippen molar-refractivity contribution in [1.29, 1.82) is 0 Å². The average molecular weight is 473 g/mol. The van der Waals surface area contributed by atoms with Gasteiger partial charge < -0.3 is 0 Å². The molecule has 0 saturated carbocycles. The van der Waals surface area contributed by atoms with E-state index >= 15 is 0 Å². The average Bonchev–Trinajstić information content (AvgIpc) is 3.16. The largest absolute Gasteiger partial charge is 0.280 e. The standard InChI is InChI=1S/C22H15ClF2N4O2S/c1-13-10-15(6-9-18(13)23)19-11-20(21(24)25)29-22(28-19)16(12-27-29)5-2-14-3-7-17(8-4-14)32(26,30)31/h3-4,6-12,21H,1H3,(H2,26,30,31). The minimum atomic E-state index is -3.81. The van der Waals surface area contributed by atoms with E-state index in [-0.39, 0.29) is 16.2 Å². The van der Waals surface area contributed by atoms with Gasteiger partial charge in [0.25, 0.3) is 6.43 Å². The van der Waals surface area contributed by atoms with E-state index in [0.29, 0.717) is 27.4 Å². The maximum absolute atomic E-state index is 13.7. The second-order valence-corrected chi connectivity index (χ2v) is 8.91. The third kappa shape index (κ3) is 4.34. The summed E-state index contributed by atoms with van der Waals surface area (Å²) in [6, 6.07) is 12.1. The van der Waals surface area contributed by atoms with Crippen LogP contribution in [0.2, 0.25) is 5.02 Å². The highest BCUT2D eigenvalue weighted by Crippen LogP contribution is 2.28. The molecule has 4 aromatic rings. The summed E-state index contributed by atoms with van der Waals surface area (Å²) in [7, 11) is -3.81. The van der Waals surface area contributed by atoms with Crippen LogP contribution in [0.3, 0.4) is 0 Å². The highest BCUT2D eigenvalue weighted by atomic mass is 35.5. The number of hydrogen-bond donors (Lipinski definition) is 1. The van der Waals surface area contributed by atoms with E-state index in [2.05, 4.69) is 21.9 Å². The Morgan fingerprint density at radius 1 is 1.09 bits per heavy atom. The third-order valence-electron chi connectivity index (χ3n) is 4.70. The highest BCUT2D eigenvalue weighted by molar-refractivity contribution is 7.89. The Morgan fingerprint density at radius 2 is 1.81 bits per heavy atom. The molecule has 2 aromatic heterocycles. The predicted molar refractivity (Wildman–Crippen MR) is 117 cm³/mol. The van der Waals surface area contributed by atoms with Crippen LogP contribution in [-0.2, 0) is 10.0 Å². The van der Waals surface area contributed by atoms with E-state index in [1.165, 1.54) is 36.5 Å². The molecule has 4 rings (SSSR count). The summed E-state index contributed by atoms with van der Waals surface area (Å²) < 4.78 is 51.2. The van der Waals surface area contributed by atoms with Gasteiger partial charge >= 0.3 is 0 Å². The fraction of sp³-hybridized carbons (Fsp3) is 0.0909. The molecule has 32 heavy (non-hydrogen) atoms. The zero-order chi connectivity index (χ0) is 23.0. The van der Waals surface area contributed by atoms with E-state index in [1.807, 2.05) is 6.92 Å². The first-order valence-corrected chi connectivity index (χ1v) is 11.1. The van der Waals surface area contributed by atoms with Crippen LogP contribution in [0, 0.1) is 18.8 Å². The van der Waals surface area contributed by atoms with Gasteiger partial charge in [-0.2, -0.15) is 5.10 Å². The van der Waals surface area contributed by atoms with Crippen LogP contribution in [0.25, 0.3) is 16.9 Å². The molecule has 0 saturated heterocycles. The summed E-state index contributed by atoms with van der Waals surface area (Å²) in [5.74, 6) is 5.72. The molecule has 0 bridgehead atoms. The van der Waals surface area contributed by atoms with Crippen LogP contribution < -0.4 is 5.14 Å². The molecule has 2 N–H and O–H groups in total. The lowest BCUT2D eigenvalue weighted by Gasteiger charge is -2.09. The molecule has 10 heteroatoms. The number of primary sulfonamides is 1. The number of benzene rings is 2. The van der Waals surface area contributed by atoms with Crippen molar-refractivity contribution < 1.29 is 17.2 Å². The number of fused-ring (bicyclic) bond motifs is 1. The van der Waals surface area contributed by atoms with Crippen molar-refractivity contribution in [2.75, 3.05) is 0 Å². The highest BCUT2D eigenvalue weighted by Gasteiger charge is 2.18. The van der Waals surface area contributed by atoms with Crippen LogP contribution in [0.15, 0.2) is 59.6 Å². The second-order valence-electron chi connectivity index (χ2n) is 6.94. The Labute approximate surface area is 187 Å². The minimum absolute atomic E-state index is 0.0369. The Balaban J connectivity index is 1.81. The zero-order valence-corrected chi connectivity index (χ0v) is 18.1. The molecule has 162 valence electrons. The second kappa shape index (κ2) is 8.31. The van der Waals surface area contributed by atoms with Gasteiger partial charge in [-0.1, -0.05) is 29.5 Å². The summed E-state index contributed by atoms with van der Waals surface area (Å²) in [6.07, 6.45) is -1.42. The van der Waals surface area contributed by atoms with Crippen LogP contribution in [0.4, 0.5) is 8.78 Å². The molecule has 6 nitrogen and oxygen atoms in total. The normalized spacial score (nSPS) is 11.6. The molecule has 0 amide bonds. The third-order valence-corrected chi connectivity index (χ3v) is 6.05. The van der Waals surface area contributed by atoms with Crippen molar-refractivity contribution in [2.45, 2.75) is 18.2 Å². The van der Waals surface area contributed by atoms with Crippen LogP contribution >= 0.6 is 11.6 Å². The van der Waals surface area contributed by atoms with Gasteiger partial charge in [0, 0.05) is 16.1 Å². The molecule has 0 aliphatic rings. The molecule has 0 aliphatic carbocycles. The number of nitrogens with two attached hydrogens (primary N) is 1. The van der Waals surface area contributed by atoms with Crippen molar-refractivity contribution >= 4 is 27.3 Å². The minimum Gasteiger partial charge on any atom is -0.227 e. The monoisotopic (exact) mass is 472 g/mol. The van der Waals surface area contributed by atoms with Gasteiger partial charge in [-0.25, -0.2) is 31.8 Å². The fourth-order valence-electron chi connectivity index (χ4n) is 3.05. The van der Waals surface area contributed by atoms with E-state index in [0.717, 1.165) is 10.1 Å². The SMILES string of the molecule is Cc1cc(-c2cc(C(F)F)n3ncc(C#Cc4ccc(S(N)(=O)=O)cc4)c3n2)ccc1Cl. The number of aryl methyl sites for hydroxylation is 1. The molecule has 2 aromatic carbocycles. The molecule has 0 unspecified atom stereocenters. The summed E-state index contributed by atoms with van der Waals surface area (Å²) in [6.45, 7) is 1.81. The van der Waals surface area contributed by atoms with Crippen molar-refractivity contribution in [1.82, 2.24) is 14.6 Å². The lowest BCUT2D eigenvalue weighted by molar-refractivity contribution is 0.143. The first-order chi connectivity index (χ1) is 15.1. The lowest BCUT2D eigenvalue weighted by atomic mass is 10.1. The lowest BCUT2D eigenvalue weighted by Crippen LogP contribution is -2.11. The number of alkyl halides is 2. The van der Waals surface area contributed by atoms with Crippen molar-refractivity contribution in [3.63, 3.8) is 0 Å². The molecule has 0 radical (unpaired) electrons.